The van der Waals surface area contributed by atoms with Gasteiger partial charge in [0.1, 0.15) is 6.04 Å². The lowest BCUT2D eigenvalue weighted by Crippen LogP contribution is -2.50. The SMILES string of the molecule is CC(C)NS(=O)(=O)N1c2ccccc2CC1C(=O)O. The van der Waals surface area contributed by atoms with Crippen LogP contribution in [0.2, 0.25) is 0 Å². The van der Waals surface area contributed by atoms with E-state index in [-0.39, 0.29) is 12.5 Å². The highest BCUT2D eigenvalue weighted by Gasteiger charge is 2.41. The minimum Gasteiger partial charge on any atom is -0.480 e. The fraction of sp³-hybridized carbons (Fsp3) is 0.417. The highest BCUT2D eigenvalue weighted by Crippen LogP contribution is 2.34. The van der Waals surface area contributed by atoms with Gasteiger partial charge in [-0.05, 0) is 25.5 Å². The van der Waals surface area contributed by atoms with Crippen LogP contribution < -0.4 is 9.03 Å². The molecular weight excluding hydrogens is 268 g/mol. The molecule has 19 heavy (non-hydrogen) atoms. The van der Waals surface area contributed by atoms with Gasteiger partial charge in [0.2, 0.25) is 0 Å². The van der Waals surface area contributed by atoms with Crippen molar-refractivity contribution >= 4 is 21.9 Å². The van der Waals surface area contributed by atoms with Gasteiger partial charge < -0.3 is 5.11 Å². The van der Waals surface area contributed by atoms with Crippen molar-refractivity contribution in [3.63, 3.8) is 0 Å². The molecule has 1 atom stereocenters. The second-order valence-corrected chi connectivity index (χ2v) is 6.34. The van der Waals surface area contributed by atoms with Crippen molar-refractivity contribution in [2.45, 2.75) is 32.4 Å². The van der Waals surface area contributed by atoms with Crippen molar-refractivity contribution in [2.24, 2.45) is 0 Å². The van der Waals surface area contributed by atoms with Gasteiger partial charge in [-0.3, -0.25) is 0 Å². The first-order chi connectivity index (χ1) is 8.83. The number of fused-ring (bicyclic) bond motifs is 1. The van der Waals surface area contributed by atoms with Crippen LogP contribution >= 0.6 is 0 Å². The molecule has 1 aliphatic rings. The van der Waals surface area contributed by atoms with E-state index in [4.69, 9.17) is 0 Å². The average molecular weight is 284 g/mol. The molecule has 0 bridgehead atoms. The Morgan fingerprint density at radius 1 is 1.42 bits per heavy atom. The van der Waals surface area contributed by atoms with Gasteiger partial charge in [-0.25, -0.2) is 9.10 Å². The lowest BCUT2D eigenvalue weighted by molar-refractivity contribution is -0.138. The van der Waals surface area contributed by atoms with E-state index in [0.717, 1.165) is 9.87 Å². The second kappa shape index (κ2) is 4.82. The lowest BCUT2D eigenvalue weighted by atomic mass is 10.1. The molecule has 0 saturated carbocycles. The van der Waals surface area contributed by atoms with Gasteiger partial charge in [0.25, 0.3) is 0 Å². The highest BCUT2D eigenvalue weighted by atomic mass is 32.2. The van der Waals surface area contributed by atoms with Crippen molar-refractivity contribution in [3.8, 4) is 0 Å². The lowest BCUT2D eigenvalue weighted by Gasteiger charge is -2.25. The van der Waals surface area contributed by atoms with Crippen LogP contribution in [0.4, 0.5) is 5.69 Å². The van der Waals surface area contributed by atoms with Gasteiger partial charge in [0.05, 0.1) is 5.69 Å². The normalized spacial score (nSPS) is 18.7. The molecule has 1 aliphatic heterocycles. The Bertz CT molecular complexity index is 598. The predicted octanol–water partition coefficient (Wildman–Crippen LogP) is 0.745. The molecule has 2 rings (SSSR count). The molecule has 0 amide bonds. The maximum Gasteiger partial charge on any atom is 0.327 e. The summed E-state index contributed by atoms with van der Waals surface area (Å²) in [6.45, 7) is 3.38. The number of hydrogen-bond acceptors (Lipinski definition) is 3. The van der Waals surface area contributed by atoms with E-state index >= 15 is 0 Å². The Kier molecular flexibility index (Phi) is 3.51. The van der Waals surface area contributed by atoms with Crippen molar-refractivity contribution in [2.75, 3.05) is 4.31 Å². The summed E-state index contributed by atoms with van der Waals surface area (Å²) in [5.41, 5.74) is 1.16. The molecule has 0 saturated heterocycles. The summed E-state index contributed by atoms with van der Waals surface area (Å²) in [5.74, 6) is -1.15. The van der Waals surface area contributed by atoms with Crippen LogP contribution in [0.15, 0.2) is 24.3 Å². The van der Waals surface area contributed by atoms with Gasteiger partial charge in [0.15, 0.2) is 0 Å². The number of carbonyl (C=O) groups is 1. The summed E-state index contributed by atoms with van der Waals surface area (Å²) >= 11 is 0. The average Bonchev–Trinajstić information content (AvgIpc) is 2.66. The number of carboxylic acid groups (broad SMARTS) is 1. The Balaban J connectivity index is 2.48. The number of aliphatic carboxylic acids is 1. The standard InChI is InChI=1S/C12H16N2O4S/c1-8(2)13-19(17,18)14-10-6-4-3-5-9(10)7-11(14)12(15)16/h3-6,8,11,13H,7H2,1-2H3,(H,15,16). The monoisotopic (exact) mass is 284 g/mol. The molecule has 0 fully saturated rings. The third-order valence-corrected chi connectivity index (χ3v) is 4.59. The summed E-state index contributed by atoms with van der Waals surface area (Å²) in [6.07, 6.45) is 0.185. The maximum absolute atomic E-state index is 12.3. The number of nitrogens with one attached hydrogen (secondary N) is 1. The van der Waals surface area contributed by atoms with Gasteiger partial charge in [-0.2, -0.15) is 13.1 Å². The van der Waals surface area contributed by atoms with Crippen molar-refractivity contribution in [1.82, 2.24) is 4.72 Å². The molecule has 0 spiro atoms. The van der Waals surface area contributed by atoms with Gasteiger partial charge in [0, 0.05) is 12.5 Å². The molecule has 2 N–H and O–H groups in total. The fourth-order valence-electron chi connectivity index (χ4n) is 2.20. The Hall–Kier alpha value is -1.60. The fourth-order valence-corrected chi connectivity index (χ4v) is 3.84. The summed E-state index contributed by atoms with van der Waals surface area (Å²) in [4.78, 5) is 11.3. The molecule has 104 valence electrons. The minimum absolute atomic E-state index is 0.185. The molecule has 0 aliphatic carbocycles. The molecule has 1 aromatic carbocycles. The van der Waals surface area contributed by atoms with E-state index in [9.17, 15) is 18.3 Å². The van der Waals surface area contributed by atoms with Crippen LogP contribution in [0.3, 0.4) is 0 Å². The van der Waals surface area contributed by atoms with E-state index in [2.05, 4.69) is 4.72 Å². The first-order valence-electron chi connectivity index (χ1n) is 5.95. The number of para-hydroxylation sites is 1. The summed E-state index contributed by atoms with van der Waals surface area (Å²) < 4.78 is 27.9. The number of benzene rings is 1. The van der Waals surface area contributed by atoms with E-state index in [0.29, 0.717) is 5.69 Å². The van der Waals surface area contributed by atoms with Crippen molar-refractivity contribution < 1.29 is 18.3 Å². The molecule has 1 heterocycles. The van der Waals surface area contributed by atoms with Crippen LogP contribution in [-0.2, 0) is 21.4 Å². The van der Waals surface area contributed by atoms with E-state index in [1.165, 1.54) is 0 Å². The highest BCUT2D eigenvalue weighted by molar-refractivity contribution is 7.91. The minimum atomic E-state index is -3.86. The van der Waals surface area contributed by atoms with Crippen LogP contribution in [-0.4, -0.2) is 31.6 Å². The van der Waals surface area contributed by atoms with Gasteiger partial charge in [-0.1, -0.05) is 18.2 Å². The number of carboxylic acids is 1. The first kappa shape index (κ1) is 13.8. The smallest absolute Gasteiger partial charge is 0.327 e. The number of rotatable bonds is 4. The zero-order valence-electron chi connectivity index (χ0n) is 10.7. The number of hydrogen-bond donors (Lipinski definition) is 2. The zero-order chi connectivity index (χ0) is 14.2. The molecule has 0 radical (unpaired) electrons. The van der Waals surface area contributed by atoms with Crippen LogP contribution in [0.1, 0.15) is 19.4 Å². The molecule has 7 heteroatoms. The van der Waals surface area contributed by atoms with Crippen LogP contribution in [0.25, 0.3) is 0 Å². The second-order valence-electron chi connectivity index (χ2n) is 4.76. The Morgan fingerprint density at radius 2 is 2.05 bits per heavy atom. The summed E-state index contributed by atoms with van der Waals surface area (Å²) in [6, 6.07) is 5.44. The molecular formula is C12H16N2O4S. The maximum atomic E-state index is 12.3. The molecule has 6 nitrogen and oxygen atoms in total. The van der Waals surface area contributed by atoms with Crippen LogP contribution in [0.5, 0.6) is 0 Å². The van der Waals surface area contributed by atoms with E-state index < -0.39 is 22.2 Å². The summed E-state index contributed by atoms with van der Waals surface area (Å²) in [5, 5.41) is 9.22. The summed E-state index contributed by atoms with van der Waals surface area (Å²) in [7, 11) is -3.86. The largest absolute Gasteiger partial charge is 0.480 e. The van der Waals surface area contributed by atoms with Crippen molar-refractivity contribution in [3.05, 3.63) is 29.8 Å². The quantitative estimate of drug-likeness (QED) is 0.854. The van der Waals surface area contributed by atoms with Crippen LogP contribution in [0, 0.1) is 0 Å². The van der Waals surface area contributed by atoms with Gasteiger partial charge >= 0.3 is 16.2 Å². The van der Waals surface area contributed by atoms with Crippen molar-refractivity contribution in [1.29, 1.82) is 0 Å². The predicted molar refractivity (Wildman–Crippen MR) is 71.2 cm³/mol. The Morgan fingerprint density at radius 3 is 2.63 bits per heavy atom. The van der Waals surface area contributed by atoms with Gasteiger partial charge in [-0.15, -0.1) is 0 Å². The Labute approximate surface area is 112 Å². The molecule has 1 aromatic rings. The number of anilines is 1. The van der Waals surface area contributed by atoms with E-state index in [1.54, 1.807) is 38.1 Å². The van der Waals surface area contributed by atoms with E-state index in [1.807, 2.05) is 0 Å². The third kappa shape index (κ3) is 2.57. The topological polar surface area (TPSA) is 86.7 Å². The molecule has 0 aromatic heterocycles. The third-order valence-electron chi connectivity index (χ3n) is 2.85. The number of nitrogens with zero attached hydrogens (tertiary/aromatic N) is 1. The zero-order valence-corrected chi connectivity index (χ0v) is 11.5. The first-order valence-corrected chi connectivity index (χ1v) is 7.39. The molecule has 1 unspecified atom stereocenters.